The van der Waals surface area contributed by atoms with Gasteiger partial charge >= 0.3 is 0 Å². The van der Waals surface area contributed by atoms with Crippen molar-refractivity contribution in [3.63, 3.8) is 0 Å². The Morgan fingerprint density at radius 3 is 2.30 bits per heavy atom. The molecule has 7 heteroatoms. The van der Waals surface area contributed by atoms with Crippen LogP contribution in [0.15, 0.2) is 35.3 Å². The molecule has 0 radical (unpaired) electrons. The summed E-state index contributed by atoms with van der Waals surface area (Å²) in [5.74, 6) is 0.759. The van der Waals surface area contributed by atoms with Gasteiger partial charge in [0, 0.05) is 25.7 Å². The molecule has 0 heterocycles. The van der Waals surface area contributed by atoms with Gasteiger partial charge in [0.2, 0.25) is 5.91 Å². The summed E-state index contributed by atoms with van der Waals surface area (Å²) in [5.41, 5.74) is 1.14. The normalized spacial score (nSPS) is 12.3. The van der Waals surface area contributed by atoms with Crippen LogP contribution in [-0.2, 0) is 11.3 Å². The Labute approximate surface area is 200 Å². The second kappa shape index (κ2) is 17.3. The van der Waals surface area contributed by atoms with Gasteiger partial charge in [-0.2, -0.15) is 0 Å². The Morgan fingerprint density at radius 1 is 1.07 bits per heavy atom. The summed E-state index contributed by atoms with van der Waals surface area (Å²) in [4.78, 5) is 21.5. The second-order valence-corrected chi connectivity index (χ2v) is 7.30. The third-order valence-corrected chi connectivity index (χ3v) is 5.06. The number of hydrogen-bond acceptors (Lipinski definition) is 3. The van der Waals surface area contributed by atoms with E-state index in [0.29, 0.717) is 25.1 Å². The van der Waals surface area contributed by atoms with E-state index in [2.05, 4.69) is 41.3 Å². The highest BCUT2D eigenvalue weighted by Gasteiger charge is 2.13. The van der Waals surface area contributed by atoms with E-state index >= 15 is 0 Å². The fraction of sp³-hybridized carbons (Fsp3) is 0.652. The Morgan fingerprint density at radius 2 is 1.73 bits per heavy atom. The van der Waals surface area contributed by atoms with E-state index in [1.165, 1.54) is 0 Å². The van der Waals surface area contributed by atoms with Crippen molar-refractivity contribution < 1.29 is 4.79 Å². The molecule has 1 atom stereocenters. The quantitative estimate of drug-likeness (QED) is 0.232. The molecule has 0 saturated carbocycles. The van der Waals surface area contributed by atoms with Crippen LogP contribution in [0.3, 0.4) is 0 Å². The third-order valence-electron chi connectivity index (χ3n) is 5.06. The smallest absolute Gasteiger partial charge is 0.244 e. The van der Waals surface area contributed by atoms with Gasteiger partial charge in [-0.3, -0.25) is 4.79 Å². The van der Waals surface area contributed by atoms with Crippen LogP contribution in [-0.4, -0.2) is 67.0 Å². The molecule has 30 heavy (non-hydrogen) atoms. The van der Waals surface area contributed by atoms with Crippen molar-refractivity contribution in [3.8, 4) is 0 Å². The van der Waals surface area contributed by atoms with Crippen LogP contribution in [0.1, 0.15) is 53.0 Å². The Balaban J connectivity index is 0.00000841. The standard InChI is InChI=1S/C23H41N5O.HI/c1-6-24-23(26-20(5)14-13-17-27(7-2)8-3)25-18-22(29)28(9-4)19-21-15-11-10-12-16-21;/h10-12,15-16,20H,6-9,13-14,17-19H2,1-5H3,(H2,24,25,26);1H. The average molecular weight is 532 g/mol. The van der Waals surface area contributed by atoms with Gasteiger partial charge in [0.1, 0.15) is 6.54 Å². The maximum Gasteiger partial charge on any atom is 0.244 e. The lowest BCUT2D eigenvalue weighted by Crippen LogP contribution is -2.43. The molecule has 172 valence electrons. The molecule has 6 nitrogen and oxygen atoms in total. The maximum absolute atomic E-state index is 12.6. The first-order valence-corrected chi connectivity index (χ1v) is 11.1. The zero-order valence-corrected chi connectivity index (χ0v) is 21.8. The lowest BCUT2D eigenvalue weighted by atomic mass is 10.2. The van der Waals surface area contributed by atoms with Crippen LogP contribution in [0.4, 0.5) is 0 Å². The van der Waals surface area contributed by atoms with Crippen LogP contribution >= 0.6 is 24.0 Å². The molecule has 1 aromatic rings. The van der Waals surface area contributed by atoms with Gasteiger partial charge in [0.15, 0.2) is 5.96 Å². The second-order valence-electron chi connectivity index (χ2n) is 7.30. The van der Waals surface area contributed by atoms with E-state index in [-0.39, 0.29) is 36.4 Å². The van der Waals surface area contributed by atoms with E-state index in [0.717, 1.165) is 44.6 Å². The zero-order chi connectivity index (χ0) is 21.5. The molecule has 1 rings (SSSR count). The van der Waals surface area contributed by atoms with Crippen molar-refractivity contribution in [1.82, 2.24) is 20.4 Å². The number of carbonyl (C=O) groups is 1. The third kappa shape index (κ3) is 11.7. The van der Waals surface area contributed by atoms with Gasteiger partial charge in [0.25, 0.3) is 0 Å². The minimum atomic E-state index is 0. The highest BCUT2D eigenvalue weighted by atomic mass is 127. The number of nitrogens with zero attached hydrogens (tertiary/aromatic N) is 3. The van der Waals surface area contributed by atoms with Crippen LogP contribution < -0.4 is 10.6 Å². The van der Waals surface area contributed by atoms with E-state index in [9.17, 15) is 4.79 Å². The molecule has 0 fully saturated rings. The molecule has 0 aromatic heterocycles. The Kier molecular flexibility index (Phi) is 16.6. The predicted molar refractivity (Wildman–Crippen MR) is 139 cm³/mol. The molecule has 2 N–H and O–H groups in total. The number of hydrogen-bond donors (Lipinski definition) is 2. The first-order valence-electron chi connectivity index (χ1n) is 11.1. The molecule has 0 saturated heterocycles. The summed E-state index contributed by atoms with van der Waals surface area (Å²) in [6, 6.07) is 10.4. The first-order chi connectivity index (χ1) is 14.0. The topological polar surface area (TPSA) is 60.0 Å². The molecule has 0 aliphatic heterocycles. The van der Waals surface area contributed by atoms with Gasteiger partial charge in [0.05, 0.1) is 0 Å². The summed E-state index contributed by atoms with van der Waals surface area (Å²) in [7, 11) is 0. The SMILES string of the molecule is CCNC(=NCC(=O)N(CC)Cc1ccccc1)NC(C)CCCN(CC)CC.I. The maximum atomic E-state index is 12.6. The predicted octanol–water partition coefficient (Wildman–Crippen LogP) is 3.72. The number of benzene rings is 1. The lowest BCUT2D eigenvalue weighted by Gasteiger charge is -2.22. The number of amides is 1. The summed E-state index contributed by atoms with van der Waals surface area (Å²) in [6.07, 6.45) is 2.22. The molecule has 1 aromatic carbocycles. The Hall–Kier alpha value is -1.35. The van der Waals surface area contributed by atoms with Crippen molar-refractivity contribution >= 4 is 35.8 Å². The lowest BCUT2D eigenvalue weighted by molar-refractivity contribution is -0.130. The van der Waals surface area contributed by atoms with Crippen molar-refractivity contribution in [2.45, 2.75) is 60.0 Å². The summed E-state index contributed by atoms with van der Waals surface area (Å²) < 4.78 is 0. The van der Waals surface area contributed by atoms with E-state index < -0.39 is 0 Å². The van der Waals surface area contributed by atoms with Gasteiger partial charge in [-0.05, 0) is 58.8 Å². The number of aliphatic imine (C=N–C) groups is 1. The minimum absolute atomic E-state index is 0. The molecule has 0 aliphatic rings. The number of guanidine groups is 1. The molecule has 1 unspecified atom stereocenters. The number of likely N-dealkylation sites (N-methyl/N-ethyl adjacent to an activating group) is 1. The first kappa shape index (κ1) is 28.6. The number of rotatable bonds is 13. The van der Waals surface area contributed by atoms with Crippen LogP contribution in [0.5, 0.6) is 0 Å². The molecule has 0 spiro atoms. The van der Waals surface area contributed by atoms with Crippen molar-refractivity contribution in [3.05, 3.63) is 35.9 Å². The summed E-state index contributed by atoms with van der Waals surface area (Å²) >= 11 is 0. The highest BCUT2D eigenvalue weighted by molar-refractivity contribution is 14.0. The minimum Gasteiger partial charge on any atom is -0.357 e. The van der Waals surface area contributed by atoms with E-state index in [4.69, 9.17) is 0 Å². The summed E-state index contributed by atoms with van der Waals surface area (Å²) in [5, 5.41) is 6.69. The molecular formula is C23H42IN5O. The van der Waals surface area contributed by atoms with Crippen molar-refractivity contribution in [2.75, 3.05) is 39.3 Å². The summed E-state index contributed by atoms with van der Waals surface area (Å²) in [6.45, 7) is 16.2. The number of nitrogens with one attached hydrogen (secondary N) is 2. The van der Waals surface area contributed by atoms with E-state index in [1.54, 1.807) is 0 Å². The van der Waals surface area contributed by atoms with Crippen LogP contribution in [0.2, 0.25) is 0 Å². The van der Waals surface area contributed by atoms with Gasteiger partial charge in [-0.1, -0.05) is 44.2 Å². The number of carbonyl (C=O) groups excluding carboxylic acids is 1. The fourth-order valence-corrected chi connectivity index (χ4v) is 3.21. The van der Waals surface area contributed by atoms with Crippen molar-refractivity contribution in [2.24, 2.45) is 4.99 Å². The van der Waals surface area contributed by atoms with Crippen molar-refractivity contribution in [1.29, 1.82) is 0 Å². The largest absolute Gasteiger partial charge is 0.357 e. The Bertz CT molecular complexity index is 593. The average Bonchev–Trinajstić information content (AvgIpc) is 2.74. The van der Waals surface area contributed by atoms with Gasteiger partial charge in [-0.15, -0.1) is 24.0 Å². The molecule has 0 aliphatic carbocycles. The van der Waals surface area contributed by atoms with Crippen LogP contribution in [0.25, 0.3) is 0 Å². The molecular weight excluding hydrogens is 489 g/mol. The van der Waals surface area contributed by atoms with Gasteiger partial charge in [-0.25, -0.2) is 4.99 Å². The molecule has 0 bridgehead atoms. The van der Waals surface area contributed by atoms with E-state index in [1.807, 2.05) is 49.1 Å². The number of halogens is 1. The monoisotopic (exact) mass is 531 g/mol. The zero-order valence-electron chi connectivity index (χ0n) is 19.5. The highest BCUT2D eigenvalue weighted by Crippen LogP contribution is 2.05. The molecule has 1 amide bonds. The van der Waals surface area contributed by atoms with Gasteiger partial charge < -0.3 is 20.4 Å². The van der Waals surface area contributed by atoms with Crippen LogP contribution in [0, 0.1) is 0 Å². The fourth-order valence-electron chi connectivity index (χ4n) is 3.21.